The fourth-order valence-electron chi connectivity index (χ4n) is 2.71. The molecule has 1 heterocycles. The van der Waals surface area contributed by atoms with Crippen LogP contribution in [0.4, 0.5) is 4.39 Å². The Morgan fingerprint density at radius 2 is 2.05 bits per heavy atom. The number of ether oxygens (including phenoxy) is 2. The van der Waals surface area contributed by atoms with Crippen LogP contribution < -0.4 is 10.5 Å². The summed E-state index contributed by atoms with van der Waals surface area (Å²) in [5.74, 6) is -0.488. The van der Waals surface area contributed by atoms with E-state index in [9.17, 15) is 9.18 Å². The minimum Gasteiger partial charge on any atom is -0.492 e. The molecule has 1 amide bonds. The first kappa shape index (κ1) is 14.8. The number of halogens is 1. The van der Waals surface area contributed by atoms with Crippen molar-refractivity contribution in [2.75, 3.05) is 6.61 Å². The quantitative estimate of drug-likeness (QED) is 0.922. The van der Waals surface area contributed by atoms with Gasteiger partial charge in [0.2, 0.25) is 0 Å². The summed E-state index contributed by atoms with van der Waals surface area (Å²) in [6.07, 6.45) is 2.24. The van der Waals surface area contributed by atoms with Gasteiger partial charge in [-0.05, 0) is 50.8 Å². The Hall–Kier alpha value is -1.62. The van der Waals surface area contributed by atoms with E-state index in [0.29, 0.717) is 18.3 Å². The van der Waals surface area contributed by atoms with Gasteiger partial charge >= 0.3 is 0 Å². The monoisotopic (exact) mass is 281 g/mol. The summed E-state index contributed by atoms with van der Waals surface area (Å²) in [5, 5.41) is 0. The molecule has 0 radical (unpaired) electrons. The third-order valence-electron chi connectivity index (χ3n) is 3.48. The van der Waals surface area contributed by atoms with Crippen LogP contribution in [-0.4, -0.2) is 24.7 Å². The number of hydrogen-bond donors (Lipinski definition) is 1. The van der Waals surface area contributed by atoms with Gasteiger partial charge in [-0.25, -0.2) is 4.39 Å². The summed E-state index contributed by atoms with van der Waals surface area (Å²) in [4.78, 5) is 11.3. The first-order chi connectivity index (χ1) is 9.45. The lowest BCUT2D eigenvalue weighted by Gasteiger charge is -2.32. The van der Waals surface area contributed by atoms with Gasteiger partial charge in [0.1, 0.15) is 11.6 Å². The van der Waals surface area contributed by atoms with Gasteiger partial charge in [-0.1, -0.05) is 0 Å². The molecule has 2 rings (SSSR count). The highest BCUT2D eigenvalue weighted by molar-refractivity contribution is 5.95. The van der Waals surface area contributed by atoms with E-state index < -0.39 is 11.7 Å². The number of rotatable bonds is 4. The molecule has 1 aliphatic heterocycles. The highest BCUT2D eigenvalue weighted by Gasteiger charge is 2.25. The van der Waals surface area contributed by atoms with Crippen molar-refractivity contribution in [2.45, 2.75) is 38.9 Å². The van der Waals surface area contributed by atoms with Crippen LogP contribution in [0.15, 0.2) is 18.2 Å². The van der Waals surface area contributed by atoms with Crippen molar-refractivity contribution in [2.24, 2.45) is 11.7 Å². The van der Waals surface area contributed by atoms with Crippen LogP contribution in [0.2, 0.25) is 0 Å². The summed E-state index contributed by atoms with van der Waals surface area (Å²) in [5.41, 5.74) is 5.31. The molecule has 0 aliphatic carbocycles. The summed E-state index contributed by atoms with van der Waals surface area (Å²) in [6, 6.07) is 3.81. The number of amides is 1. The molecular weight excluding hydrogens is 261 g/mol. The maximum atomic E-state index is 13.1. The van der Waals surface area contributed by atoms with Crippen molar-refractivity contribution >= 4 is 5.91 Å². The lowest BCUT2D eigenvalue weighted by Crippen LogP contribution is -2.32. The van der Waals surface area contributed by atoms with Crippen molar-refractivity contribution in [3.05, 3.63) is 29.6 Å². The van der Waals surface area contributed by atoms with Gasteiger partial charge in [-0.3, -0.25) is 4.79 Å². The average Bonchev–Trinajstić information content (AvgIpc) is 2.36. The second-order valence-corrected chi connectivity index (χ2v) is 5.41. The molecule has 1 aromatic rings. The molecule has 1 saturated heterocycles. The summed E-state index contributed by atoms with van der Waals surface area (Å²) in [6.45, 7) is 4.55. The third kappa shape index (κ3) is 3.70. The molecule has 1 fully saturated rings. The number of primary amides is 1. The summed E-state index contributed by atoms with van der Waals surface area (Å²) >= 11 is 0. The van der Waals surface area contributed by atoms with E-state index in [2.05, 4.69) is 0 Å². The van der Waals surface area contributed by atoms with E-state index in [1.807, 2.05) is 13.8 Å². The molecule has 5 heteroatoms. The van der Waals surface area contributed by atoms with E-state index in [1.54, 1.807) is 0 Å². The van der Waals surface area contributed by atoms with Crippen LogP contribution in [0.5, 0.6) is 5.75 Å². The van der Waals surface area contributed by atoms with Crippen LogP contribution in [0, 0.1) is 11.7 Å². The standard InChI is InChI=1S/C15H20FNO3/c1-9-5-11(6-10(2)20-9)8-19-14-4-3-12(16)7-13(14)15(17)18/h3-4,7,9-11H,5-6,8H2,1-2H3,(H2,17,18)/t9-,10+,11?. The first-order valence-corrected chi connectivity index (χ1v) is 6.83. The van der Waals surface area contributed by atoms with Crippen LogP contribution in [0.3, 0.4) is 0 Å². The van der Waals surface area contributed by atoms with Crippen molar-refractivity contribution in [3.8, 4) is 5.75 Å². The molecule has 1 aromatic carbocycles. The maximum absolute atomic E-state index is 13.1. The zero-order chi connectivity index (χ0) is 14.7. The van der Waals surface area contributed by atoms with Crippen LogP contribution in [0.1, 0.15) is 37.0 Å². The van der Waals surface area contributed by atoms with Crippen LogP contribution in [0.25, 0.3) is 0 Å². The normalized spacial score (nSPS) is 26.2. The highest BCUT2D eigenvalue weighted by atomic mass is 19.1. The van der Waals surface area contributed by atoms with Crippen molar-refractivity contribution < 1.29 is 18.7 Å². The molecule has 2 N–H and O–H groups in total. The molecule has 1 aliphatic rings. The molecule has 0 spiro atoms. The molecule has 3 atom stereocenters. The Labute approximate surface area is 118 Å². The molecule has 0 saturated carbocycles. The Balaban J connectivity index is 2.02. The van der Waals surface area contributed by atoms with Crippen LogP contribution >= 0.6 is 0 Å². The Morgan fingerprint density at radius 3 is 2.65 bits per heavy atom. The van der Waals surface area contributed by atoms with Crippen LogP contribution in [-0.2, 0) is 4.74 Å². The number of carbonyl (C=O) groups is 1. The zero-order valence-corrected chi connectivity index (χ0v) is 11.8. The van der Waals surface area contributed by atoms with Crippen molar-refractivity contribution in [1.29, 1.82) is 0 Å². The second-order valence-electron chi connectivity index (χ2n) is 5.41. The smallest absolute Gasteiger partial charge is 0.252 e. The number of nitrogens with two attached hydrogens (primary N) is 1. The summed E-state index contributed by atoms with van der Waals surface area (Å²) in [7, 11) is 0. The fourth-order valence-corrected chi connectivity index (χ4v) is 2.71. The second kappa shape index (κ2) is 6.22. The highest BCUT2D eigenvalue weighted by Crippen LogP contribution is 2.27. The van der Waals surface area contributed by atoms with Gasteiger partial charge in [0.15, 0.2) is 0 Å². The Morgan fingerprint density at radius 1 is 1.40 bits per heavy atom. The van der Waals surface area contributed by atoms with Crippen molar-refractivity contribution in [3.63, 3.8) is 0 Å². The van der Waals surface area contributed by atoms with Gasteiger partial charge in [-0.2, -0.15) is 0 Å². The lowest BCUT2D eigenvalue weighted by molar-refractivity contribution is -0.0593. The third-order valence-corrected chi connectivity index (χ3v) is 3.48. The lowest BCUT2D eigenvalue weighted by atomic mass is 9.93. The predicted octanol–water partition coefficient (Wildman–Crippen LogP) is 2.51. The first-order valence-electron chi connectivity index (χ1n) is 6.83. The molecule has 4 nitrogen and oxygen atoms in total. The molecule has 0 aromatic heterocycles. The Kier molecular flexibility index (Phi) is 4.60. The van der Waals surface area contributed by atoms with E-state index in [-0.39, 0.29) is 17.8 Å². The van der Waals surface area contributed by atoms with Gasteiger partial charge < -0.3 is 15.2 Å². The number of carbonyl (C=O) groups excluding carboxylic acids is 1. The molecule has 1 unspecified atom stereocenters. The van der Waals surface area contributed by atoms with Crippen molar-refractivity contribution in [1.82, 2.24) is 0 Å². The Bertz CT molecular complexity index is 482. The molecule has 0 bridgehead atoms. The topological polar surface area (TPSA) is 61.5 Å². The number of hydrogen-bond acceptors (Lipinski definition) is 3. The molecular formula is C15H20FNO3. The maximum Gasteiger partial charge on any atom is 0.252 e. The van der Waals surface area contributed by atoms with E-state index in [1.165, 1.54) is 12.1 Å². The molecule has 110 valence electrons. The van der Waals surface area contributed by atoms with E-state index in [4.69, 9.17) is 15.2 Å². The van der Waals surface area contributed by atoms with E-state index >= 15 is 0 Å². The van der Waals surface area contributed by atoms with Gasteiger partial charge in [0.25, 0.3) is 5.91 Å². The van der Waals surface area contributed by atoms with Gasteiger partial charge in [0, 0.05) is 0 Å². The SMILES string of the molecule is C[C@@H]1CC(COc2ccc(F)cc2C(N)=O)C[C@H](C)O1. The van der Waals surface area contributed by atoms with E-state index in [0.717, 1.165) is 18.9 Å². The minimum atomic E-state index is -0.687. The average molecular weight is 281 g/mol. The minimum absolute atomic E-state index is 0.0816. The largest absolute Gasteiger partial charge is 0.492 e. The predicted molar refractivity (Wildman–Crippen MR) is 73.1 cm³/mol. The van der Waals surface area contributed by atoms with Gasteiger partial charge in [-0.15, -0.1) is 0 Å². The van der Waals surface area contributed by atoms with Gasteiger partial charge in [0.05, 0.1) is 24.4 Å². The molecule has 20 heavy (non-hydrogen) atoms. The zero-order valence-electron chi connectivity index (χ0n) is 11.8. The fraction of sp³-hybridized carbons (Fsp3) is 0.533. The summed E-state index contributed by atoms with van der Waals surface area (Å²) < 4.78 is 24.5. The number of benzene rings is 1.